The van der Waals surface area contributed by atoms with Crippen molar-refractivity contribution in [2.75, 3.05) is 46.4 Å². The molecule has 21 nitrogen and oxygen atoms in total. The average Bonchev–Trinajstić information content (AvgIpc) is 3.29. The number of nitrogens with zero attached hydrogens (tertiary/aromatic N) is 4. The summed E-state index contributed by atoms with van der Waals surface area (Å²) in [6.07, 6.45) is -0.0488. The highest BCUT2D eigenvalue weighted by Gasteiger charge is 2.37. The molecule has 5 rings (SSSR count). The Labute approximate surface area is 401 Å². The lowest BCUT2D eigenvalue weighted by atomic mass is 9.86. The second-order valence-electron chi connectivity index (χ2n) is 17.4. The number of aromatic nitrogens is 2. The first-order valence-electron chi connectivity index (χ1n) is 22.1. The van der Waals surface area contributed by atoms with Gasteiger partial charge in [-0.2, -0.15) is 18.4 Å². The van der Waals surface area contributed by atoms with Crippen molar-refractivity contribution in [3.63, 3.8) is 0 Å². The first-order valence-corrected chi connectivity index (χ1v) is 23.6. The van der Waals surface area contributed by atoms with Crippen molar-refractivity contribution in [2.24, 2.45) is 16.6 Å². The van der Waals surface area contributed by atoms with E-state index in [1.165, 1.54) is 20.0 Å². The van der Waals surface area contributed by atoms with Crippen LogP contribution in [-0.2, 0) is 41.2 Å². The maximum absolute atomic E-state index is 14.8. The molecule has 4 aromatic rings. The van der Waals surface area contributed by atoms with Crippen LogP contribution in [0, 0.1) is 25.2 Å². The number of rotatable bonds is 16. The summed E-state index contributed by atoms with van der Waals surface area (Å²) >= 11 is 0. The van der Waals surface area contributed by atoms with Crippen LogP contribution in [0.2, 0.25) is 0 Å². The van der Waals surface area contributed by atoms with Gasteiger partial charge in [0, 0.05) is 49.8 Å². The number of nitrogens with one attached hydrogen (secondary N) is 5. The van der Waals surface area contributed by atoms with E-state index in [9.17, 15) is 37.7 Å². The highest BCUT2D eigenvalue weighted by molar-refractivity contribution is 7.87. The van der Waals surface area contributed by atoms with Crippen molar-refractivity contribution in [1.29, 1.82) is 5.26 Å². The molecular weight excluding hydrogens is 909 g/mol. The molecule has 0 unspecified atom stereocenters. The van der Waals surface area contributed by atoms with Gasteiger partial charge in [-0.1, -0.05) is 57.2 Å². The van der Waals surface area contributed by atoms with E-state index in [0.29, 0.717) is 39.6 Å². The molecule has 11 N–H and O–H groups in total. The van der Waals surface area contributed by atoms with Crippen LogP contribution in [0.5, 0.6) is 11.5 Å². The zero-order chi connectivity index (χ0) is 50.8. The Morgan fingerprint density at radius 2 is 1.51 bits per heavy atom. The van der Waals surface area contributed by atoms with Gasteiger partial charge in [0.2, 0.25) is 23.6 Å². The van der Waals surface area contributed by atoms with Gasteiger partial charge in [-0.15, -0.1) is 0 Å². The standard InChI is InChI=1S/C47H60N12O9S/c1-26-39(27(2)55-41(54-26)30-9-12-32(13-10-30)47(4,5)6)44(62)58-36(25-53-69(51,65)66)46(64)59(7)40-31-11-15-38(68-21-18-50)34(24-31)33-22-29(8-14-37(33)67-20-17-49)23-35(43(61)52-19-16-48)57-42(60)28(3)56-45(40)63/h8-15,22,24,28,35-36,40,53H,17-21,23,25,49-50H2,1-7H3,(H,52,61)(H,56,63)(H,57,60)(H,58,62)(H2,51,65,66)/t28-,35-,36-,40-/m0/s1. The molecule has 0 fully saturated rings. The van der Waals surface area contributed by atoms with Crippen molar-refractivity contribution in [1.82, 2.24) is 40.9 Å². The Balaban J connectivity index is 1.61. The molecule has 368 valence electrons. The number of carbonyl (C=O) groups excluding carboxylic acids is 5. The predicted molar refractivity (Wildman–Crippen MR) is 256 cm³/mol. The van der Waals surface area contributed by atoms with Crippen molar-refractivity contribution in [3.05, 3.63) is 94.3 Å². The molecule has 0 saturated carbocycles. The summed E-state index contributed by atoms with van der Waals surface area (Å²) < 4.78 is 38.7. The summed E-state index contributed by atoms with van der Waals surface area (Å²) in [7, 11) is -3.18. The van der Waals surface area contributed by atoms with Crippen LogP contribution in [-0.4, -0.2) is 117 Å². The van der Waals surface area contributed by atoms with Crippen LogP contribution < -0.4 is 52.1 Å². The Hall–Kier alpha value is -7.03. The molecule has 1 aliphatic rings. The zero-order valence-electron chi connectivity index (χ0n) is 39.6. The van der Waals surface area contributed by atoms with Crippen molar-refractivity contribution in [2.45, 2.75) is 77.5 Å². The number of fused-ring (bicyclic) bond motifs is 5. The molecule has 4 atom stereocenters. The number of hydrogen-bond acceptors (Lipinski definition) is 14. The Bertz CT molecular complexity index is 2700. The molecule has 0 saturated heterocycles. The van der Waals surface area contributed by atoms with E-state index in [1.54, 1.807) is 44.2 Å². The number of nitrogens with two attached hydrogens (primary N) is 3. The summed E-state index contributed by atoms with van der Waals surface area (Å²) in [6, 6.07) is 13.5. The quantitative estimate of drug-likeness (QED) is 0.0717. The Morgan fingerprint density at radius 3 is 2.07 bits per heavy atom. The number of hydrogen-bond donors (Lipinski definition) is 8. The lowest BCUT2D eigenvalue weighted by Crippen LogP contribution is -2.57. The summed E-state index contributed by atoms with van der Waals surface area (Å²) in [5, 5.41) is 24.8. The predicted octanol–water partition coefficient (Wildman–Crippen LogP) is 0.677. The van der Waals surface area contributed by atoms with Gasteiger partial charge >= 0.3 is 0 Å². The maximum Gasteiger partial charge on any atom is 0.274 e. The third kappa shape index (κ3) is 13.6. The van der Waals surface area contributed by atoms with Gasteiger partial charge < -0.3 is 47.1 Å². The topological polar surface area (TPSA) is 329 Å². The first-order chi connectivity index (χ1) is 32.6. The van der Waals surface area contributed by atoms with E-state index in [-0.39, 0.29) is 67.2 Å². The molecule has 3 aromatic carbocycles. The molecule has 4 bridgehead atoms. The molecule has 1 aromatic heterocycles. The van der Waals surface area contributed by atoms with E-state index in [0.717, 1.165) is 10.5 Å². The first kappa shape index (κ1) is 52.9. The number of benzene rings is 3. The van der Waals surface area contributed by atoms with Gasteiger partial charge in [-0.05, 0) is 67.1 Å². The lowest BCUT2D eigenvalue weighted by Gasteiger charge is -2.32. The fourth-order valence-corrected chi connectivity index (χ4v) is 8.03. The fraction of sp³-hybridized carbons (Fsp3) is 0.404. The van der Waals surface area contributed by atoms with Crippen LogP contribution in [0.4, 0.5) is 0 Å². The Kier molecular flexibility index (Phi) is 17.5. The molecule has 69 heavy (non-hydrogen) atoms. The Morgan fingerprint density at radius 1 is 0.913 bits per heavy atom. The normalized spacial score (nSPS) is 16.7. The third-order valence-corrected chi connectivity index (χ3v) is 11.7. The number of likely N-dealkylation sites (N-methyl/N-ethyl adjacent to an activating group) is 1. The van der Waals surface area contributed by atoms with Gasteiger partial charge in [0.05, 0.1) is 23.0 Å². The smallest absolute Gasteiger partial charge is 0.274 e. The van der Waals surface area contributed by atoms with Crippen molar-refractivity contribution >= 4 is 39.7 Å². The van der Waals surface area contributed by atoms with E-state index < -0.39 is 70.5 Å². The van der Waals surface area contributed by atoms with E-state index in [2.05, 4.69) is 56.7 Å². The number of nitriles is 1. The largest absolute Gasteiger partial charge is 0.492 e. The van der Waals surface area contributed by atoms with Gasteiger partial charge in [0.1, 0.15) is 55.4 Å². The van der Waals surface area contributed by atoms with E-state index >= 15 is 0 Å². The van der Waals surface area contributed by atoms with Gasteiger partial charge in [0.25, 0.3) is 16.1 Å². The molecule has 22 heteroatoms. The fourth-order valence-electron chi connectivity index (χ4n) is 7.63. The summed E-state index contributed by atoms with van der Waals surface area (Å²) in [4.78, 5) is 81.0. The zero-order valence-corrected chi connectivity index (χ0v) is 40.5. The molecule has 0 spiro atoms. The minimum atomic E-state index is -4.44. The minimum absolute atomic E-state index is 0.0175. The average molecular weight is 969 g/mol. The molecule has 1 aliphatic heterocycles. The number of aryl methyl sites for hydroxylation is 2. The van der Waals surface area contributed by atoms with Crippen LogP contribution in [0.3, 0.4) is 0 Å². The second-order valence-corrected chi connectivity index (χ2v) is 18.8. The van der Waals surface area contributed by atoms with Crippen molar-refractivity contribution < 1.29 is 41.9 Å². The molecular formula is C47H60N12O9S. The van der Waals surface area contributed by atoms with Crippen LogP contribution in [0.1, 0.15) is 72.2 Å². The summed E-state index contributed by atoms with van der Waals surface area (Å²) in [5.41, 5.74) is 15.4. The third-order valence-electron chi connectivity index (χ3n) is 11.2. The highest BCUT2D eigenvalue weighted by atomic mass is 32.2. The maximum atomic E-state index is 14.8. The number of amides is 5. The van der Waals surface area contributed by atoms with Crippen molar-refractivity contribution in [3.8, 4) is 40.1 Å². The van der Waals surface area contributed by atoms with Gasteiger partial charge in [-0.25, -0.2) is 15.1 Å². The lowest BCUT2D eigenvalue weighted by molar-refractivity contribution is -0.141. The number of ether oxygens (including phenoxy) is 2. The van der Waals surface area contributed by atoms with Gasteiger partial charge in [-0.3, -0.25) is 24.0 Å². The summed E-state index contributed by atoms with van der Waals surface area (Å²) in [6.45, 7) is 10.2. The van der Waals surface area contributed by atoms with Crippen LogP contribution in [0.15, 0.2) is 60.7 Å². The van der Waals surface area contributed by atoms with E-state index in [1.807, 2.05) is 30.3 Å². The van der Waals surface area contributed by atoms with Gasteiger partial charge in [0.15, 0.2) is 5.82 Å². The highest BCUT2D eigenvalue weighted by Crippen LogP contribution is 2.40. The molecule has 0 aliphatic carbocycles. The summed E-state index contributed by atoms with van der Waals surface area (Å²) in [5.74, 6) is -3.13. The molecule has 2 heterocycles. The van der Waals surface area contributed by atoms with Crippen LogP contribution in [0.25, 0.3) is 22.5 Å². The molecule has 5 amide bonds. The SMILES string of the molecule is Cc1nc(-c2ccc(C(C)(C)C)cc2)nc(C)c1C(=O)N[C@@H](CNS(N)(=O)=O)C(=O)N(C)[C@@H]1C(=O)N[C@@H](C)C(=O)N[C@H](C(=O)NCC#N)Cc2ccc(OCCN)c(c2)-c2cc1ccc2OCCN. The molecule has 0 radical (unpaired) electrons. The monoisotopic (exact) mass is 968 g/mol. The van der Waals surface area contributed by atoms with Crippen LogP contribution >= 0.6 is 0 Å². The minimum Gasteiger partial charge on any atom is -0.492 e. The number of carbonyl (C=O) groups is 5. The second kappa shape index (κ2) is 22.8. The van der Waals surface area contributed by atoms with E-state index in [4.69, 9.17) is 26.1 Å².